The van der Waals surface area contributed by atoms with E-state index in [0.717, 1.165) is 24.9 Å². The van der Waals surface area contributed by atoms with Gasteiger partial charge in [0, 0.05) is 12.1 Å². The van der Waals surface area contributed by atoms with E-state index in [2.05, 4.69) is 21.7 Å². The lowest BCUT2D eigenvalue weighted by Crippen LogP contribution is -2.02. The van der Waals surface area contributed by atoms with Gasteiger partial charge in [-0.25, -0.2) is 4.98 Å². The van der Waals surface area contributed by atoms with E-state index >= 15 is 0 Å². The number of carbonyl (C=O) groups is 1. The Morgan fingerprint density at radius 1 is 1.00 bits per heavy atom. The predicted octanol–water partition coefficient (Wildman–Crippen LogP) is 3.61. The zero-order valence-corrected chi connectivity index (χ0v) is 11.6. The van der Waals surface area contributed by atoms with E-state index in [1.165, 1.54) is 11.1 Å². The van der Waals surface area contributed by atoms with Crippen molar-refractivity contribution in [1.82, 2.24) is 9.55 Å². The second-order valence-electron chi connectivity index (χ2n) is 4.95. The normalized spacial score (nSPS) is 10.5. The van der Waals surface area contributed by atoms with Crippen LogP contribution in [0.3, 0.4) is 0 Å². The largest absolute Gasteiger partial charge is 0.330 e. The van der Waals surface area contributed by atoms with E-state index in [4.69, 9.17) is 0 Å². The van der Waals surface area contributed by atoms with Gasteiger partial charge in [0.15, 0.2) is 0 Å². The lowest BCUT2D eigenvalue weighted by molar-refractivity contribution is 0.112. The first-order chi connectivity index (χ1) is 10.4. The van der Waals surface area contributed by atoms with E-state index in [1.807, 2.05) is 55.0 Å². The number of imidazole rings is 1. The Labute approximate surface area is 123 Å². The molecule has 0 spiro atoms. The van der Waals surface area contributed by atoms with E-state index in [0.29, 0.717) is 5.56 Å². The van der Waals surface area contributed by atoms with Gasteiger partial charge in [-0.05, 0) is 17.5 Å². The Hall–Kier alpha value is -2.68. The fourth-order valence-corrected chi connectivity index (χ4v) is 2.36. The Morgan fingerprint density at radius 2 is 1.76 bits per heavy atom. The summed E-state index contributed by atoms with van der Waals surface area (Å²) in [6.45, 7) is 0.866. The summed E-state index contributed by atoms with van der Waals surface area (Å²) in [5.74, 6) is 0. The maximum atomic E-state index is 10.7. The predicted molar refractivity (Wildman–Crippen MR) is 83.2 cm³/mol. The highest BCUT2D eigenvalue weighted by molar-refractivity contribution is 5.74. The van der Waals surface area contributed by atoms with Crippen LogP contribution < -0.4 is 0 Å². The van der Waals surface area contributed by atoms with Gasteiger partial charge >= 0.3 is 0 Å². The average Bonchev–Trinajstić information content (AvgIpc) is 3.03. The molecule has 104 valence electrons. The van der Waals surface area contributed by atoms with Gasteiger partial charge < -0.3 is 4.57 Å². The average molecular weight is 276 g/mol. The van der Waals surface area contributed by atoms with Crippen LogP contribution in [0, 0.1) is 0 Å². The molecular formula is C18H16N2O. The zero-order valence-electron chi connectivity index (χ0n) is 11.6. The third-order valence-electron chi connectivity index (χ3n) is 3.54. The molecule has 1 aromatic heterocycles. The molecular weight excluding hydrogens is 260 g/mol. The van der Waals surface area contributed by atoms with Gasteiger partial charge in [-0.3, -0.25) is 4.79 Å². The molecule has 0 aliphatic heterocycles. The van der Waals surface area contributed by atoms with E-state index in [1.54, 1.807) is 0 Å². The third kappa shape index (κ3) is 3.08. The molecule has 0 N–H and O–H groups in total. The Kier molecular flexibility index (Phi) is 3.92. The van der Waals surface area contributed by atoms with Crippen LogP contribution in [0.4, 0.5) is 0 Å². The molecule has 0 fully saturated rings. The highest BCUT2D eigenvalue weighted by Crippen LogP contribution is 2.18. The number of aromatic nitrogens is 2. The lowest BCUT2D eigenvalue weighted by atomic mass is 10.1. The second kappa shape index (κ2) is 6.18. The first-order valence-electron chi connectivity index (χ1n) is 6.96. The minimum Gasteiger partial charge on any atom is -0.330 e. The second-order valence-corrected chi connectivity index (χ2v) is 4.95. The minimum atomic E-state index is 0.714. The Bertz CT molecular complexity index is 714. The molecule has 0 saturated carbocycles. The van der Waals surface area contributed by atoms with Gasteiger partial charge in [0.05, 0.1) is 18.2 Å². The first-order valence-corrected chi connectivity index (χ1v) is 6.96. The van der Waals surface area contributed by atoms with Crippen LogP contribution in [0.25, 0.3) is 11.3 Å². The number of nitrogens with zero attached hydrogens (tertiary/aromatic N) is 2. The van der Waals surface area contributed by atoms with Crippen LogP contribution in [-0.2, 0) is 13.0 Å². The molecule has 3 rings (SSSR count). The number of rotatable bonds is 5. The van der Waals surface area contributed by atoms with Gasteiger partial charge in [0.1, 0.15) is 6.29 Å². The first kappa shape index (κ1) is 13.3. The Balaban J connectivity index is 1.74. The van der Waals surface area contributed by atoms with Crippen molar-refractivity contribution in [2.75, 3.05) is 0 Å². The molecule has 3 nitrogen and oxygen atoms in total. The van der Waals surface area contributed by atoms with E-state index in [-0.39, 0.29) is 0 Å². The molecule has 0 unspecified atom stereocenters. The van der Waals surface area contributed by atoms with Crippen molar-refractivity contribution in [1.29, 1.82) is 0 Å². The Morgan fingerprint density at radius 3 is 2.48 bits per heavy atom. The summed E-state index contributed by atoms with van der Waals surface area (Å²) in [5, 5.41) is 0. The summed E-state index contributed by atoms with van der Waals surface area (Å²) in [6.07, 6.45) is 5.54. The van der Waals surface area contributed by atoms with Crippen molar-refractivity contribution in [2.45, 2.75) is 13.0 Å². The minimum absolute atomic E-state index is 0.714. The fraction of sp³-hybridized carbons (Fsp3) is 0.111. The van der Waals surface area contributed by atoms with Gasteiger partial charge in [0.25, 0.3) is 0 Å². The van der Waals surface area contributed by atoms with Crippen molar-refractivity contribution >= 4 is 6.29 Å². The third-order valence-corrected chi connectivity index (χ3v) is 3.54. The van der Waals surface area contributed by atoms with Crippen molar-refractivity contribution in [3.63, 3.8) is 0 Å². The smallest absolute Gasteiger partial charge is 0.150 e. The van der Waals surface area contributed by atoms with Crippen molar-refractivity contribution in [3.8, 4) is 11.3 Å². The molecule has 0 bridgehead atoms. The van der Waals surface area contributed by atoms with Crippen LogP contribution in [0.2, 0.25) is 0 Å². The van der Waals surface area contributed by atoms with Crippen LogP contribution in [-0.4, -0.2) is 15.8 Å². The molecule has 0 atom stereocenters. The van der Waals surface area contributed by atoms with Gasteiger partial charge in [-0.2, -0.15) is 0 Å². The van der Waals surface area contributed by atoms with Crippen LogP contribution in [0.1, 0.15) is 15.9 Å². The molecule has 3 aromatic rings. The highest BCUT2D eigenvalue weighted by atomic mass is 16.1. The summed E-state index contributed by atoms with van der Waals surface area (Å²) in [7, 11) is 0. The number of aldehydes is 1. The van der Waals surface area contributed by atoms with E-state index in [9.17, 15) is 4.79 Å². The number of hydrogen-bond donors (Lipinski definition) is 0. The molecule has 0 amide bonds. The standard InChI is InChI=1S/C18H16N2O/c21-13-16-8-6-15(7-9-16)10-11-20-14-19-12-18(20)17-4-2-1-3-5-17/h1-9,12-14H,10-11H2. The molecule has 21 heavy (non-hydrogen) atoms. The SMILES string of the molecule is O=Cc1ccc(CCn2cncc2-c2ccccc2)cc1. The molecule has 2 aromatic carbocycles. The molecule has 0 aliphatic carbocycles. The molecule has 0 saturated heterocycles. The van der Waals surface area contributed by atoms with Crippen LogP contribution in [0.15, 0.2) is 67.1 Å². The summed E-state index contributed by atoms with van der Waals surface area (Å²) in [6, 6.07) is 18.0. The molecule has 0 aliphatic rings. The van der Waals surface area contributed by atoms with Crippen molar-refractivity contribution in [2.24, 2.45) is 0 Å². The summed E-state index contributed by atoms with van der Waals surface area (Å²) >= 11 is 0. The topological polar surface area (TPSA) is 34.9 Å². The number of carbonyl (C=O) groups excluding carboxylic acids is 1. The molecule has 3 heteroatoms. The van der Waals surface area contributed by atoms with Gasteiger partial charge in [-0.1, -0.05) is 54.6 Å². The highest BCUT2D eigenvalue weighted by Gasteiger charge is 2.04. The lowest BCUT2D eigenvalue weighted by Gasteiger charge is -2.08. The van der Waals surface area contributed by atoms with Gasteiger partial charge in [-0.15, -0.1) is 0 Å². The van der Waals surface area contributed by atoms with Crippen molar-refractivity contribution in [3.05, 3.63) is 78.2 Å². The zero-order chi connectivity index (χ0) is 14.5. The van der Waals surface area contributed by atoms with Gasteiger partial charge in [0.2, 0.25) is 0 Å². The maximum absolute atomic E-state index is 10.7. The fourth-order valence-electron chi connectivity index (χ4n) is 2.36. The monoisotopic (exact) mass is 276 g/mol. The molecule has 1 heterocycles. The van der Waals surface area contributed by atoms with E-state index < -0.39 is 0 Å². The van der Waals surface area contributed by atoms with Crippen molar-refractivity contribution < 1.29 is 4.79 Å². The quantitative estimate of drug-likeness (QED) is 0.667. The maximum Gasteiger partial charge on any atom is 0.150 e. The summed E-state index contributed by atoms with van der Waals surface area (Å²) < 4.78 is 2.16. The van der Waals surface area contributed by atoms with Crippen LogP contribution in [0.5, 0.6) is 0 Å². The van der Waals surface area contributed by atoms with Crippen LogP contribution >= 0.6 is 0 Å². The summed E-state index contributed by atoms with van der Waals surface area (Å²) in [5.41, 5.74) is 4.23. The number of benzene rings is 2. The summed E-state index contributed by atoms with van der Waals surface area (Å²) in [4.78, 5) is 14.9. The molecule has 0 radical (unpaired) electrons. The number of aryl methyl sites for hydroxylation is 2. The number of hydrogen-bond acceptors (Lipinski definition) is 2.